The van der Waals surface area contributed by atoms with Gasteiger partial charge in [0, 0.05) is 24.2 Å². The van der Waals surface area contributed by atoms with Crippen LogP contribution in [0.5, 0.6) is 11.5 Å². The third kappa shape index (κ3) is 3.74. The summed E-state index contributed by atoms with van der Waals surface area (Å²) in [5, 5.41) is 3.24. The van der Waals surface area contributed by atoms with E-state index in [2.05, 4.69) is 10.3 Å². The number of rotatable bonds is 5. The second kappa shape index (κ2) is 6.43. The molecule has 3 nitrogen and oxygen atoms in total. The highest BCUT2D eigenvalue weighted by Crippen LogP contribution is 2.23. The summed E-state index contributed by atoms with van der Waals surface area (Å²) in [6.07, 6.45) is 1.53. The van der Waals surface area contributed by atoms with E-state index >= 15 is 0 Å². The molecule has 20 heavy (non-hydrogen) atoms. The Morgan fingerprint density at radius 1 is 1.15 bits per heavy atom. The summed E-state index contributed by atoms with van der Waals surface area (Å²) in [6.45, 7) is 4.88. The van der Waals surface area contributed by atoms with Crippen LogP contribution in [0.3, 0.4) is 0 Å². The maximum Gasteiger partial charge on any atom is 0.145 e. The first-order valence-electron chi connectivity index (χ1n) is 6.41. The standard InChI is InChI=1S/C15H16F2N2O/c1-3-18-10(2)15-5-4-13(9-19-15)20-14-7-11(16)6-12(17)8-14/h4-10,18H,3H2,1-2H3. The van der Waals surface area contributed by atoms with Crippen molar-refractivity contribution < 1.29 is 13.5 Å². The number of hydrogen-bond donors (Lipinski definition) is 1. The Kier molecular flexibility index (Phi) is 4.63. The summed E-state index contributed by atoms with van der Waals surface area (Å²) in [6, 6.07) is 6.72. The molecule has 1 heterocycles. The fourth-order valence-corrected chi connectivity index (χ4v) is 1.84. The fourth-order valence-electron chi connectivity index (χ4n) is 1.84. The van der Waals surface area contributed by atoms with E-state index in [0.29, 0.717) is 5.75 Å². The third-order valence-corrected chi connectivity index (χ3v) is 2.78. The van der Waals surface area contributed by atoms with Gasteiger partial charge in [-0.1, -0.05) is 6.92 Å². The van der Waals surface area contributed by atoms with Crippen molar-refractivity contribution in [3.8, 4) is 11.5 Å². The molecule has 0 spiro atoms. The van der Waals surface area contributed by atoms with Gasteiger partial charge >= 0.3 is 0 Å². The first-order valence-corrected chi connectivity index (χ1v) is 6.41. The molecule has 1 aromatic carbocycles. The highest BCUT2D eigenvalue weighted by Gasteiger charge is 2.07. The molecule has 1 N–H and O–H groups in total. The molecule has 0 aliphatic rings. The normalized spacial score (nSPS) is 12.2. The minimum Gasteiger partial charge on any atom is -0.456 e. The van der Waals surface area contributed by atoms with Gasteiger partial charge in [0.2, 0.25) is 0 Å². The van der Waals surface area contributed by atoms with Gasteiger partial charge < -0.3 is 10.1 Å². The Labute approximate surface area is 116 Å². The largest absolute Gasteiger partial charge is 0.456 e. The first-order chi connectivity index (χ1) is 9.58. The molecule has 0 radical (unpaired) electrons. The molecule has 1 aromatic heterocycles. The zero-order chi connectivity index (χ0) is 14.5. The number of ether oxygens (including phenoxy) is 1. The minimum atomic E-state index is -0.676. The molecule has 0 saturated carbocycles. The van der Waals surface area contributed by atoms with Gasteiger partial charge in [-0.2, -0.15) is 0 Å². The highest BCUT2D eigenvalue weighted by molar-refractivity contribution is 5.31. The Bertz CT molecular complexity index is 552. The zero-order valence-corrected chi connectivity index (χ0v) is 11.4. The summed E-state index contributed by atoms with van der Waals surface area (Å²) in [5.41, 5.74) is 0.879. The average molecular weight is 278 g/mol. The lowest BCUT2D eigenvalue weighted by Gasteiger charge is -2.12. The van der Waals surface area contributed by atoms with Crippen molar-refractivity contribution in [2.24, 2.45) is 0 Å². The number of nitrogens with one attached hydrogen (secondary N) is 1. The Balaban J connectivity index is 2.10. The number of halogens is 2. The van der Waals surface area contributed by atoms with Gasteiger partial charge in [-0.3, -0.25) is 4.98 Å². The second-order valence-electron chi connectivity index (χ2n) is 4.41. The van der Waals surface area contributed by atoms with Gasteiger partial charge in [-0.15, -0.1) is 0 Å². The molecule has 2 rings (SSSR count). The lowest BCUT2D eigenvalue weighted by Crippen LogP contribution is -2.18. The van der Waals surface area contributed by atoms with E-state index in [9.17, 15) is 8.78 Å². The number of benzene rings is 1. The van der Waals surface area contributed by atoms with E-state index < -0.39 is 11.6 Å². The lowest BCUT2D eigenvalue weighted by atomic mass is 10.2. The van der Waals surface area contributed by atoms with Gasteiger partial charge in [0.1, 0.15) is 23.1 Å². The van der Waals surface area contributed by atoms with Gasteiger partial charge in [-0.25, -0.2) is 8.78 Å². The predicted molar refractivity (Wildman–Crippen MR) is 72.8 cm³/mol. The van der Waals surface area contributed by atoms with E-state index in [0.717, 1.165) is 30.4 Å². The molecule has 0 aliphatic carbocycles. The van der Waals surface area contributed by atoms with Crippen LogP contribution in [0.25, 0.3) is 0 Å². The summed E-state index contributed by atoms with van der Waals surface area (Å²) >= 11 is 0. The van der Waals surface area contributed by atoms with Crippen molar-refractivity contribution in [2.45, 2.75) is 19.9 Å². The molecule has 0 fully saturated rings. The summed E-state index contributed by atoms with van der Waals surface area (Å²) in [7, 11) is 0. The summed E-state index contributed by atoms with van der Waals surface area (Å²) < 4.78 is 31.5. The Hall–Kier alpha value is -2.01. The zero-order valence-electron chi connectivity index (χ0n) is 11.4. The molecule has 1 unspecified atom stereocenters. The maximum atomic E-state index is 13.0. The van der Waals surface area contributed by atoms with Crippen LogP contribution >= 0.6 is 0 Å². The second-order valence-corrected chi connectivity index (χ2v) is 4.41. The molecule has 0 saturated heterocycles. The van der Waals surface area contributed by atoms with Crippen LogP contribution in [0, 0.1) is 11.6 Å². The van der Waals surface area contributed by atoms with Crippen molar-refractivity contribution in [3.63, 3.8) is 0 Å². The van der Waals surface area contributed by atoms with E-state index in [1.54, 1.807) is 6.07 Å². The van der Waals surface area contributed by atoms with Gasteiger partial charge in [-0.05, 0) is 25.6 Å². The van der Waals surface area contributed by atoms with E-state index in [1.807, 2.05) is 19.9 Å². The molecule has 0 aliphatic heterocycles. The quantitative estimate of drug-likeness (QED) is 0.902. The molecule has 2 aromatic rings. The van der Waals surface area contributed by atoms with Crippen LogP contribution in [0.4, 0.5) is 8.78 Å². The Morgan fingerprint density at radius 2 is 1.85 bits per heavy atom. The van der Waals surface area contributed by atoms with Crippen LogP contribution in [-0.2, 0) is 0 Å². The van der Waals surface area contributed by atoms with Crippen LogP contribution in [0.15, 0.2) is 36.5 Å². The topological polar surface area (TPSA) is 34.1 Å². The molecule has 1 atom stereocenters. The van der Waals surface area contributed by atoms with Gasteiger partial charge in [0.05, 0.1) is 11.9 Å². The SMILES string of the molecule is CCNC(C)c1ccc(Oc2cc(F)cc(F)c2)cn1. The van der Waals surface area contributed by atoms with Crippen molar-refractivity contribution in [1.82, 2.24) is 10.3 Å². The maximum absolute atomic E-state index is 13.0. The first kappa shape index (κ1) is 14.4. The predicted octanol–water partition coefficient (Wildman–Crippen LogP) is 3.82. The molecule has 0 bridgehead atoms. The Morgan fingerprint density at radius 3 is 2.40 bits per heavy atom. The summed E-state index contributed by atoms with van der Waals surface area (Å²) in [4.78, 5) is 4.26. The molecular weight excluding hydrogens is 262 g/mol. The minimum absolute atomic E-state index is 0.108. The van der Waals surface area contributed by atoms with Crippen LogP contribution < -0.4 is 10.1 Å². The monoisotopic (exact) mass is 278 g/mol. The number of hydrogen-bond acceptors (Lipinski definition) is 3. The van der Waals surface area contributed by atoms with Crippen LogP contribution in [-0.4, -0.2) is 11.5 Å². The fraction of sp³-hybridized carbons (Fsp3) is 0.267. The van der Waals surface area contributed by atoms with Crippen LogP contribution in [0.2, 0.25) is 0 Å². The lowest BCUT2D eigenvalue weighted by molar-refractivity contribution is 0.465. The molecule has 5 heteroatoms. The van der Waals surface area contributed by atoms with Gasteiger partial charge in [0.25, 0.3) is 0 Å². The van der Waals surface area contributed by atoms with Gasteiger partial charge in [0.15, 0.2) is 0 Å². The van der Waals surface area contributed by atoms with Crippen LogP contribution in [0.1, 0.15) is 25.6 Å². The van der Waals surface area contributed by atoms with E-state index in [1.165, 1.54) is 6.20 Å². The molecule has 106 valence electrons. The van der Waals surface area contributed by atoms with Crippen molar-refractivity contribution >= 4 is 0 Å². The molecular formula is C15H16F2N2O. The number of nitrogens with zero attached hydrogens (tertiary/aromatic N) is 1. The van der Waals surface area contributed by atoms with E-state index in [4.69, 9.17) is 4.74 Å². The van der Waals surface area contributed by atoms with Crippen molar-refractivity contribution in [1.29, 1.82) is 0 Å². The number of pyridine rings is 1. The van der Waals surface area contributed by atoms with E-state index in [-0.39, 0.29) is 11.8 Å². The smallest absolute Gasteiger partial charge is 0.145 e. The summed E-state index contributed by atoms with van der Waals surface area (Å²) in [5.74, 6) is -0.810. The highest BCUT2D eigenvalue weighted by atomic mass is 19.1. The number of aromatic nitrogens is 1. The van der Waals surface area contributed by atoms with Crippen molar-refractivity contribution in [2.75, 3.05) is 6.54 Å². The third-order valence-electron chi connectivity index (χ3n) is 2.78. The average Bonchev–Trinajstić information content (AvgIpc) is 2.38. The van der Waals surface area contributed by atoms with Crippen molar-refractivity contribution in [3.05, 3.63) is 53.9 Å². The molecule has 0 amide bonds.